The Morgan fingerprint density at radius 2 is 2.13 bits per heavy atom. The maximum atomic E-state index is 13.9. The number of carbonyl (C=O) groups is 2. The molecule has 0 radical (unpaired) electrons. The van der Waals surface area contributed by atoms with E-state index < -0.39 is 24.0 Å². The molecule has 1 aromatic carbocycles. The summed E-state index contributed by atoms with van der Waals surface area (Å²) in [4.78, 5) is 24.9. The van der Waals surface area contributed by atoms with Gasteiger partial charge < -0.3 is 14.7 Å². The fraction of sp³-hybridized carbons (Fsp3) is 0.375. The van der Waals surface area contributed by atoms with Crippen molar-refractivity contribution in [2.45, 2.75) is 31.6 Å². The third kappa shape index (κ3) is 4.39. The average molecular weight is 386 g/mol. The van der Waals surface area contributed by atoms with E-state index in [9.17, 15) is 14.0 Å². The number of carboxylic acid groups (broad SMARTS) is 1. The number of rotatable bonds is 6. The second-order valence-electron chi connectivity index (χ2n) is 5.27. The van der Waals surface area contributed by atoms with Crippen LogP contribution >= 0.6 is 15.9 Å². The molecule has 1 aliphatic heterocycles. The molecule has 23 heavy (non-hydrogen) atoms. The fourth-order valence-electron chi connectivity index (χ4n) is 2.46. The van der Waals surface area contributed by atoms with E-state index in [-0.39, 0.29) is 19.0 Å². The van der Waals surface area contributed by atoms with Crippen molar-refractivity contribution in [1.29, 1.82) is 0 Å². The molecule has 1 N–H and O–H groups in total. The van der Waals surface area contributed by atoms with Crippen LogP contribution in [-0.4, -0.2) is 40.6 Å². The van der Waals surface area contributed by atoms with Crippen molar-refractivity contribution in [1.82, 2.24) is 4.90 Å². The lowest BCUT2D eigenvalue weighted by Crippen LogP contribution is -2.39. The first-order chi connectivity index (χ1) is 10.9. The van der Waals surface area contributed by atoms with Gasteiger partial charge in [0, 0.05) is 23.1 Å². The van der Waals surface area contributed by atoms with E-state index in [2.05, 4.69) is 22.5 Å². The molecule has 1 saturated heterocycles. The van der Waals surface area contributed by atoms with Crippen LogP contribution in [0.3, 0.4) is 0 Å². The summed E-state index contributed by atoms with van der Waals surface area (Å²) in [5, 5.41) is 8.94. The highest BCUT2D eigenvalue weighted by molar-refractivity contribution is 9.10. The number of carboxylic acids is 1. The van der Waals surface area contributed by atoms with Crippen LogP contribution in [0.2, 0.25) is 0 Å². The van der Waals surface area contributed by atoms with Crippen LogP contribution in [0.15, 0.2) is 35.3 Å². The maximum Gasteiger partial charge on any atom is 0.332 e. The van der Waals surface area contributed by atoms with Gasteiger partial charge >= 0.3 is 5.97 Å². The van der Waals surface area contributed by atoms with Crippen molar-refractivity contribution in [2.24, 2.45) is 0 Å². The first kappa shape index (κ1) is 17.6. The lowest BCUT2D eigenvalue weighted by molar-refractivity contribution is -0.154. The Bertz CT molecular complexity index is 622. The minimum atomic E-state index is -1.08. The first-order valence-corrected chi connectivity index (χ1v) is 7.93. The smallest absolute Gasteiger partial charge is 0.332 e. The predicted octanol–water partition coefficient (Wildman–Crippen LogP) is 2.73. The van der Waals surface area contributed by atoms with Crippen molar-refractivity contribution >= 4 is 27.8 Å². The highest BCUT2D eigenvalue weighted by Gasteiger charge is 2.36. The van der Waals surface area contributed by atoms with Gasteiger partial charge in [0.25, 0.3) is 5.91 Å². The van der Waals surface area contributed by atoms with Crippen LogP contribution < -0.4 is 0 Å². The summed E-state index contributed by atoms with van der Waals surface area (Å²) in [7, 11) is 0. The van der Waals surface area contributed by atoms with Crippen LogP contribution in [0.4, 0.5) is 4.39 Å². The van der Waals surface area contributed by atoms with Crippen molar-refractivity contribution in [3.05, 3.63) is 46.7 Å². The van der Waals surface area contributed by atoms with Crippen LogP contribution in [0.25, 0.3) is 0 Å². The number of hydrogen-bond acceptors (Lipinski definition) is 3. The number of hydrogen-bond donors (Lipinski definition) is 1. The molecule has 1 fully saturated rings. The van der Waals surface area contributed by atoms with Gasteiger partial charge in [-0.15, -0.1) is 6.58 Å². The summed E-state index contributed by atoms with van der Waals surface area (Å²) < 4.78 is 19.9. The minimum absolute atomic E-state index is 0.0632. The Balaban J connectivity index is 2.11. The van der Waals surface area contributed by atoms with E-state index in [1.54, 1.807) is 12.1 Å². The molecule has 0 saturated carbocycles. The van der Waals surface area contributed by atoms with E-state index >= 15 is 0 Å². The lowest BCUT2D eigenvalue weighted by atomic mass is 10.1. The average Bonchev–Trinajstić information content (AvgIpc) is 3.00. The van der Waals surface area contributed by atoms with E-state index in [4.69, 9.17) is 9.84 Å². The molecule has 7 heteroatoms. The number of amides is 1. The SMILES string of the molecule is C=CCN(Cc1cc(Br)ccc1F)C(=O)[C@@H]1CC[C@H](C(=O)O)O1. The summed E-state index contributed by atoms with van der Waals surface area (Å²) in [6, 6.07) is 4.51. The van der Waals surface area contributed by atoms with Crippen LogP contribution in [0, 0.1) is 5.82 Å². The number of carbonyl (C=O) groups excluding carboxylic acids is 1. The van der Waals surface area contributed by atoms with Gasteiger partial charge in [-0.1, -0.05) is 22.0 Å². The molecule has 1 aromatic rings. The molecule has 0 spiro atoms. The van der Waals surface area contributed by atoms with Gasteiger partial charge in [0.1, 0.15) is 11.9 Å². The molecule has 1 amide bonds. The Morgan fingerprint density at radius 1 is 1.43 bits per heavy atom. The van der Waals surface area contributed by atoms with Crippen molar-refractivity contribution < 1.29 is 23.8 Å². The van der Waals surface area contributed by atoms with Gasteiger partial charge in [-0.3, -0.25) is 4.79 Å². The first-order valence-electron chi connectivity index (χ1n) is 7.14. The summed E-state index contributed by atoms with van der Waals surface area (Å²) >= 11 is 3.27. The second-order valence-corrected chi connectivity index (χ2v) is 6.19. The summed E-state index contributed by atoms with van der Waals surface area (Å²) in [5.74, 6) is -1.84. The van der Waals surface area contributed by atoms with Gasteiger partial charge in [0.05, 0.1) is 0 Å². The summed E-state index contributed by atoms with van der Waals surface area (Å²) in [6.45, 7) is 3.89. The van der Waals surface area contributed by atoms with Gasteiger partial charge in [0.15, 0.2) is 6.10 Å². The monoisotopic (exact) mass is 385 g/mol. The highest BCUT2D eigenvalue weighted by Crippen LogP contribution is 2.23. The molecule has 0 aromatic heterocycles. The third-order valence-corrected chi connectivity index (χ3v) is 4.09. The molecular weight excluding hydrogens is 369 g/mol. The predicted molar refractivity (Wildman–Crippen MR) is 85.2 cm³/mol. The van der Waals surface area contributed by atoms with Gasteiger partial charge in [0.2, 0.25) is 0 Å². The molecule has 124 valence electrons. The topological polar surface area (TPSA) is 66.8 Å². The number of ether oxygens (including phenoxy) is 1. The summed E-state index contributed by atoms with van der Waals surface area (Å²) in [5.41, 5.74) is 0.363. The highest BCUT2D eigenvalue weighted by atomic mass is 79.9. The van der Waals surface area contributed by atoms with Crippen molar-refractivity contribution in [2.75, 3.05) is 6.54 Å². The zero-order chi connectivity index (χ0) is 17.0. The quantitative estimate of drug-likeness (QED) is 0.764. The molecular formula is C16H17BrFNO4. The van der Waals surface area contributed by atoms with E-state index in [0.29, 0.717) is 22.9 Å². The molecule has 1 aliphatic rings. The number of aliphatic carboxylic acids is 1. The Kier molecular flexibility index (Phi) is 5.90. The Morgan fingerprint density at radius 3 is 2.74 bits per heavy atom. The molecule has 2 rings (SSSR count). The number of nitrogens with zero attached hydrogens (tertiary/aromatic N) is 1. The van der Waals surface area contributed by atoms with Crippen LogP contribution in [-0.2, 0) is 20.9 Å². The Labute approximate surface area is 141 Å². The number of benzene rings is 1. The van der Waals surface area contributed by atoms with Crippen LogP contribution in [0.1, 0.15) is 18.4 Å². The van der Waals surface area contributed by atoms with Crippen molar-refractivity contribution in [3.8, 4) is 0 Å². The van der Waals surface area contributed by atoms with Gasteiger partial charge in [-0.25, -0.2) is 9.18 Å². The zero-order valence-electron chi connectivity index (χ0n) is 12.4. The third-order valence-electron chi connectivity index (χ3n) is 3.60. The lowest BCUT2D eigenvalue weighted by Gasteiger charge is -2.24. The molecule has 0 bridgehead atoms. The zero-order valence-corrected chi connectivity index (χ0v) is 14.0. The van der Waals surface area contributed by atoms with Crippen molar-refractivity contribution in [3.63, 3.8) is 0 Å². The molecule has 2 atom stereocenters. The second kappa shape index (κ2) is 7.70. The van der Waals surface area contributed by atoms with Crippen LogP contribution in [0.5, 0.6) is 0 Å². The largest absolute Gasteiger partial charge is 0.479 e. The normalized spacial score (nSPS) is 20.3. The minimum Gasteiger partial charge on any atom is -0.479 e. The maximum absolute atomic E-state index is 13.9. The Hall–Kier alpha value is -1.73. The molecule has 5 nitrogen and oxygen atoms in total. The molecule has 0 unspecified atom stereocenters. The van der Waals surface area contributed by atoms with E-state index in [1.807, 2.05) is 0 Å². The standard InChI is InChI=1S/C16H17BrFNO4/c1-2-7-19(9-10-8-11(17)3-4-12(10)18)15(20)13-5-6-14(23-13)16(21)22/h2-4,8,13-14H,1,5-7,9H2,(H,21,22)/t13-,14+/m0/s1. The van der Waals surface area contributed by atoms with E-state index in [0.717, 1.165) is 0 Å². The van der Waals surface area contributed by atoms with Gasteiger partial charge in [-0.05, 0) is 31.0 Å². The van der Waals surface area contributed by atoms with Gasteiger partial charge in [-0.2, -0.15) is 0 Å². The molecule has 0 aliphatic carbocycles. The molecule has 1 heterocycles. The fourth-order valence-corrected chi connectivity index (χ4v) is 2.87. The van der Waals surface area contributed by atoms with E-state index in [1.165, 1.54) is 17.0 Å². The number of halogens is 2. The summed E-state index contributed by atoms with van der Waals surface area (Å²) in [6.07, 6.45) is 0.393.